The van der Waals surface area contributed by atoms with Crippen LogP contribution < -0.4 is 10.5 Å². The van der Waals surface area contributed by atoms with Crippen molar-refractivity contribution >= 4 is 27.5 Å². The average Bonchev–Trinajstić information content (AvgIpc) is 3.12. The van der Waals surface area contributed by atoms with Gasteiger partial charge < -0.3 is 19.9 Å². The minimum Gasteiger partial charge on any atom is -0.496 e. The van der Waals surface area contributed by atoms with Crippen LogP contribution in [0, 0.1) is 0 Å². The summed E-state index contributed by atoms with van der Waals surface area (Å²) in [6.07, 6.45) is 2.96. The topological polar surface area (TPSA) is 73.4 Å². The SMILES string of the molecule is COc1ccccc1-c1cn2c(n1)[C@@H]1CCSSC[C@H](N)C(=O)N1CC2. The van der Waals surface area contributed by atoms with Crippen LogP contribution in [-0.4, -0.2) is 51.6 Å². The number of hydrogen-bond acceptors (Lipinski definition) is 6. The Hall–Kier alpha value is -1.64. The lowest BCUT2D eigenvalue weighted by atomic mass is 10.1. The molecule has 3 heterocycles. The molecule has 6 nitrogen and oxygen atoms in total. The van der Waals surface area contributed by atoms with Crippen LogP contribution in [0.15, 0.2) is 30.5 Å². The van der Waals surface area contributed by atoms with Gasteiger partial charge in [-0.3, -0.25) is 4.79 Å². The van der Waals surface area contributed by atoms with Crippen molar-refractivity contribution in [1.82, 2.24) is 14.5 Å². The van der Waals surface area contributed by atoms with Gasteiger partial charge in [0.25, 0.3) is 0 Å². The number of aromatic nitrogens is 2. The van der Waals surface area contributed by atoms with Gasteiger partial charge in [-0.05, 0) is 18.6 Å². The molecule has 2 aliphatic rings. The van der Waals surface area contributed by atoms with E-state index in [0.29, 0.717) is 12.3 Å². The number of imidazole rings is 1. The fraction of sp³-hybridized carbons (Fsp3) is 0.444. The van der Waals surface area contributed by atoms with E-state index in [1.807, 2.05) is 29.2 Å². The summed E-state index contributed by atoms with van der Waals surface area (Å²) in [7, 11) is 5.15. The number of hydrogen-bond donors (Lipinski definition) is 1. The highest BCUT2D eigenvalue weighted by Gasteiger charge is 2.35. The van der Waals surface area contributed by atoms with Crippen molar-refractivity contribution in [3.05, 3.63) is 36.3 Å². The van der Waals surface area contributed by atoms with Gasteiger partial charge in [0.2, 0.25) is 5.91 Å². The van der Waals surface area contributed by atoms with E-state index >= 15 is 0 Å². The molecular weight excluding hydrogens is 368 g/mol. The van der Waals surface area contributed by atoms with E-state index in [1.165, 1.54) is 0 Å². The Labute approximate surface area is 160 Å². The zero-order chi connectivity index (χ0) is 18.1. The van der Waals surface area contributed by atoms with Crippen LogP contribution >= 0.6 is 21.6 Å². The number of carbonyl (C=O) groups excluding carboxylic acids is 1. The molecule has 2 aliphatic heterocycles. The fourth-order valence-electron chi connectivity index (χ4n) is 3.55. The Bertz CT molecular complexity index is 810. The number of benzene rings is 1. The van der Waals surface area contributed by atoms with Crippen molar-refractivity contribution in [2.24, 2.45) is 5.73 Å². The summed E-state index contributed by atoms with van der Waals surface area (Å²) in [6, 6.07) is 7.43. The molecule has 2 N–H and O–H groups in total. The summed E-state index contributed by atoms with van der Waals surface area (Å²) in [5.41, 5.74) is 7.97. The van der Waals surface area contributed by atoms with Gasteiger partial charge in [0, 0.05) is 36.4 Å². The molecule has 1 amide bonds. The summed E-state index contributed by atoms with van der Waals surface area (Å²) < 4.78 is 7.66. The summed E-state index contributed by atoms with van der Waals surface area (Å²) >= 11 is 0. The third-order valence-electron chi connectivity index (χ3n) is 4.85. The van der Waals surface area contributed by atoms with Gasteiger partial charge in [-0.1, -0.05) is 33.7 Å². The summed E-state index contributed by atoms with van der Waals surface area (Å²) in [5.74, 6) is 3.43. The van der Waals surface area contributed by atoms with Crippen molar-refractivity contribution in [1.29, 1.82) is 0 Å². The first-order valence-electron chi connectivity index (χ1n) is 8.70. The molecule has 0 saturated carbocycles. The van der Waals surface area contributed by atoms with E-state index < -0.39 is 6.04 Å². The third-order valence-corrected chi connectivity index (χ3v) is 7.32. The van der Waals surface area contributed by atoms with Crippen LogP contribution in [0.3, 0.4) is 0 Å². The van der Waals surface area contributed by atoms with Gasteiger partial charge in [-0.25, -0.2) is 4.98 Å². The molecular formula is C18H22N4O2S2. The minimum absolute atomic E-state index is 0.0167. The van der Waals surface area contributed by atoms with Crippen LogP contribution in [0.4, 0.5) is 0 Å². The van der Waals surface area contributed by atoms with Crippen molar-refractivity contribution in [3.63, 3.8) is 0 Å². The van der Waals surface area contributed by atoms with Crippen LogP contribution in [0.1, 0.15) is 18.3 Å². The second-order valence-electron chi connectivity index (χ2n) is 6.43. The van der Waals surface area contributed by atoms with E-state index in [-0.39, 0.29) is 11.9 Å². The van der Waals surface area contributed by atoms with Gasteiger partial charge >= 0.3 is 0 Å². The molecule has 0 radical (unpaired) electrons. The quantitative estimate of drug-likeness (QED) is 0.795. The molecule has 0 unspecified atom stereocenters. The second kappa shape index (κ2) is 7.54. The first kappa shape index (κ1) is 17.8. The van der Waals surface area contributed by atoms with Crippen LogP contribution in [0.5, 0.6) is 5.75 Å². The highest BCUT2D eigenvalue weighted by molar-refractivity contribution is 8.76. The number of nitrogens with zero attached hydrogens (tertiary/aromatic N) is 3. The molecule has 2 aromatic rings. The molecule has 0 aliphatic carbocycles. The first-order chi connectivity index (χ1) is 12.7. The summed E-state index contributed by atoms with van der Waals surface area (Å²) in [5, 5.41) is 0. The molecule has 8 heteroatoms. The molecule has 1 aromatic carbocycles. The van der Waals surface area contributed by atoms with Gasteiger partial charge in [0.15, 0.2) is 0 Å². The van der Waals surface area contributed by atoms with Crippen molar-refractivity contribution in [2.75, 3.05) is 25.2 Å². The minimum atomic E-state index is -0.441. The van der Waals surface area contributed by atoms with E-state index in [1.54, 1.807) is 28.7 Å². The molecule has 138 valence electrons. The van der Waals surface area contributed by atoms with Crippen LogP contribution in [-0.2, 0) is 11.3 Å². The normalized spacial score (nSPS) is 23.5. The van der Waals surface area contributed by atoms with Crippen molar-refractivity contribution < 1.29 is 9.53 Å². The Morgan fingerprint density at radius 3 is 2.96 bits per heavy atom. The van der Waals surface area contributed by atoms with Gasteiger partial charge in [-0.15, -0.1) is 0 Å². The lowest BCUT2D eigenvalue weighted by Gasteiger charge is -2.36. The second-order valence-corrected chi connectivity index (χ2v) is 9.05. The Kier molecular flexibility index (Phi) is 5.15. The van der Waals surface area contributed by atoms with E-state index in [9.17, 15) is 4.79 Å². The largest absolute Gasteiger partial charge is 0.496 e. The number of nitrogens with two attached hydrogens (primary N) is 1. The maximum absolute atomic E-state index is 12.8. The van der Waals surface area contributed by atoms with Gasteiger partial charge in [-0.2, -0.15) is 0 Å². The Morgan fingerprint density at radius 1 is 1.27 bits per heavy atom. The Morgan fingerprint density at radius 2 is 2.12 bits per heavy atom. The number of rotatable bonds is 2. The molecule has 0 bridgehead atoms. The smallest absolute Gasteiger partial charge is 0.241 e. The molecule has 4 rings (SSSR count). The maximum atomic E-state index is 12.8. The lowest BCUT2D eigenvalue weighted by Crippen LogP contribution is -2.50. The number of fused-ring (bicyclic) bond motifs is 3. The maximum Gasteiger partial charge on any atom is 0.241 e. The standard InChI is InChI=1S/C18H22N4O2S2/c1-24-16-5-3-2-4-12(16)14-10-21-7-8-22-15(17(21)20-14)6-9-25-26-11-13(19)18(22)23/h2-5,10,13,15H,6-9,11,19H2,1H3/t13-,15-/m0/s1. The number of para-hydroxylation sites is 1. The number of amides is 1. The lowest BCUT2D eigenvalue weighted by molar-refractivity contribution is -0.135. The molecule has 1 aromatic heterocycles. The zero-order valence-corrected chi connectivity index (χ0v) is 16.3. The van der Waals surface area contributed by atoms with Crippen molar-refractivity contribution in [3.8, 4) is 17.0 Å². The van der Waals surface area contributed by atoms with E-state index in [0.717, 1.165) is 41.5 Å². The highest BCUT2D eigenvalue weighted by atomic mass is 33.1. The van der Waals surface area contributed by atoms with Crippen LogP contribution in [0.2, 0.25) is 0 Å². The molecule has 1 fully saturated rings. The molecule has 0 spiro atoms. The van der Waals surface area contributed by atoms with E-state index in [2.05, 4.69) is 10.8 Å². The highest BCUT2D eigenvalue weighted by Crippen LogP contribution is 2.37. The van der Waals surface area contributed by atoms with E-state index in [4.69, 9.17) is 15.5 Å². The number of ether oxygens (including phenoxy) is 1. The van der Waals surface area contributed by atoms with Gasteiger partial charge in [0.05, 0.1) is 24.9 Å². The fourth-order valence-corrected chi connectivity index (χ4v) is 5.74. The number of methoxy groups -OCH3 is 1. The monoisotopic (exact) mass is 390 g/mol. The molecule has 2 atom stereocenters. The van der Waals surface area contributed by atoms with Crippen LogP contribution in [0.25, 0.3) is 11.3 Å². The van der Waals surface area contributed by atoms with Crippen molar-refractivity contribution in [2.45, 2.75) is 25.0 Å². The third kappa shape index (κ3) is 3.21. The zero-order valence-electron chi connectivity index (χ0n) is 14.6. The molecule has 1 saturated heterocycles. The predicted molar refractivity (Wildman–Crippen MR) is 106 cm³/mol. The number of carbonyl (C=O) groups is 1. The Balaban J connectivity index is 1.72. The summed E-state index contributed by atoms with van der Waals surface area (Å²) in [6.45, 7) is 1.42. The first-order valence-corrected chi connectivity index (χ1v) is 11.2. The van der Waals surface area contributed by atoms with Gasteiger partial charge in [0.1, 0.15) is 11.6 Å². The summed E-state index contributed by atoms with van der Waals surface area (Å²) in [4.78, 5) is 19.6. The average molecular weight is 391 g/mol. The molecule has 26 heavy (non-hydrogen) atoms. The predicted octanol–water partition coefficient (Wildman–Crippen LogP) is 2.55.